The van der Waals surface area contributed by atoms with Gasteiger partial charge in [-0.05, 0) is 24.0 Å². The highest BCUT2D eigenvalue weighted by Gasteiger charge is 2.65. The van der Waals surface area contributed by atoms with Crippen LogP contribution < -0.4 is 0 Å². The fraction of sp³-hybridized carbons (Fsp3) is 0.381. The molecule has 2 N–H and O–H groups in total. The van der Waals surface area contributed by atoms with E-state index in [4.69, 9.17) is 4.74 Å². The molecular weight excluding hydrogens is 316 g/mol. The van der Waals surface area contributed by atoms with Gasteiger partial charge in [0.05, 0.1) is 6.10 Å². The Morgan fingerprint density at radius 2 is 1.68 bits per heavy atom. The van der Waals surface area contributed by atoms with Gasteiger partial charge in [0.1, 0.15) is 17.3 Å². The molecule has 2 aliphatic rings. The van der Waals surface area contributed by atoms with E-state index in [2.05, 4.69) is 0 Å². The summed E-state index contributed by atoms with van der Waals surface area (Å²) in [5.41, 5.74) is 0.391. The second kappa shape index (κ2) is 6.06. The van der Waals surface area contributed by atoms with Gasteiger partial charge in [-0.1, -0.05) is 60.7 Å². The van der Waals surface area contributed by atoms with E-state index in [-0.39, 0.29) is 12.2 Å². The summed E-state index contributed by atoms with van der Waals surface area (Å²) in [5.74, 6) is -1.57. The van der Waals surface area contributed by atoms with E-state index in [0.717, 1.165) is 11.1 Å². The number of hydrogen-bond donors (Lipinski definition) is 2. The van der Waals surface area contributed by atoms with Crippen molar-refractivity contribution in [1.29, 1.82) is 0 Å². The zero-order valence-corrected chi connectivity index (χ0v) is 14.0. The smallest absolute Gasteiger partial charge is 0.182 e. The van der Waals surface area contributed by atoms with Crippen molar-refractivity contribution in [2.24, 2.45) is 0 Å². The molecule has 1 saturated carbocycles. The summed E-state index contributed by atoms with van der Waals surface area (Å²) in [6, 6.07) is 18.6. The SMILES string of the molecule is O=C1CCC[C@]2(O)O[C@@H]([C@H](O)c3ccccc3)C[C@]12c1ccccc1. The zero-order chi connectivity index (χ0) is 17.5. The Labute approximate surface area is 147 Å². The van der Waals surface area contributed by atoms with Gasteiger partial charge in [0.15, 0.2) is 5.79 Å². The normalized spacial score (nSPS) is 33.0. The first kappa shape index (κ1) is 16.5. The van der Waals surface area contributed by atoms with E-state index in [9.17, 15) is 15.0 Å². The molecule has 2 fully saturated rings. The highest BCUT2D eigenvalue weighted by atomic mass is 16.6. The first-order chi connectivity index (χ1) is 12.1. The highest BCUT2D eigenvalue weighted by molar-refractivity contribution is 5.92. The van der Waals surface area contributed by atoms with Crippen molar-refractivity contribution in [3.05, 3.63) is 71.8 Å². The minimum Gasteiger partial charge on any atom is -0.386 e. The molecule has 130 valence electrons. The largest absolute Gasteiger partial charge is 0.386 e. The standard InChI is InChI=1S/C21H22O4/c22-18-12-7-13-21(24)20(18,16-10-5-2-6-11-16)14-17(25-21)19(23)15-8-3-1-4-9-15/h1-6,8-11,17,19,23-24H,7,12-14H2/t17-,19-,20+,21+/m1/s1. The summed E-state index contributed by atoms with van der Waals surface area (Å²) < 4.78 is 5.98. The fourth-order valence-corrected chi connectivity index (χ4v) is 4.43. The van der Waals surface area contributed by atoms with Gasteiger partial charge in [-0.25, -0.2) is 0 Å². The first-order valence-electron chi connectivity index (χ1n) is 8.79. The summed E-state index contributed by atoms with van der Waals surface area (Å²) >= 11 is 0. The van der Waals surface area contributed by atoms with Crippen molar-refractivity contribution in [2.75, 3.05) is 0 Å². The van der Waals surface area contributed by atoms with Crippen molar-refractivity contribution in [3.8, 4) is 0 Å². The van der Waals surface area contributed by atoms with Crippen molar-refractivity contribution in [2.45, 2.75) is 49.1 Å². The Hall–Kier alpha value is -2.01. The molecule has 1 heterocycles. The predicted octanol–water partition coefficient (Wildman–Crippen LogP) is 2.89. The Bertz CT molecular complexity index is 760. The highest BCUT2D eigenvalue weighted by Crippen LogP contribution is 2.55. The Balaban J connectivity index is 1.76. The molecule has 2 aromatic rings. The number of hydrogen-bond acceptors (Lipinski definition) is 4. The van der Waals surface area contributed by atoms with Gasteiger partial charge in [0.25, 0.3) is 0 Å². The number of aliphatic hydroxyl groups is 2. The third-order valence-electron chi connectivity index (χ3n) is 5.68. The average Bonchev–Trinajstić information content (AvgIpc) is 2.98. The Morgan fingerprint density at radius 3 is 2.36 bits per heavy atom. The molecular formula is C21H22O4. The van der Waals surface area contributed by atoms with Crippen LogP contribution in [-0.2, 0) is 14.9 Å². The van der Waals surface area contributed by atoms with E-state index in [1.807, 2.05) is 60.7 Å². The molecule has 25 heavy (non-hydrogen) atoms. The summed E-state index contributed by atoms with van der Waals surface area (Å²) in [5, 5.41) is 22.1. The zero-order valence-electron chi connectivity index (χ0n) is 14.0. The number of carbonyl (C=O) groups excluding carboxylic acids is 1. The molecule has 0 amide bonds. The van der Waals surface area contributed by atoms with Crippen LogP contribution in [0.5, 0.6) is 0 Å². The van der Waals surface area contributed by atoms with Gasteiger partial charge >= 0.3 is 0 Å². The lowest BCUT2D eigenvalue weighted by Gasteiger charge is -2.43. The number of fused-ring (bicyclic) bond motifs is 1. The number of rotatable bonds is 3. The number of Topliss-reactive ketones (excluding diaryl/α,β-unsaturated/α-hetero) is 1. The lowest BCUT2D eigenvalue weighted by molar-refractivity contribution is -0.239. The van der Waals surface area contributed by atoms with Crippen LogP contribution in [0, 0.1) is 0 Å². The molecule has 2 aromatic carbocycles. The van der Waals surface area contributed by atoms with Crippen molar-refractivity contribution >= 4 is 5.78 Å². The van der Waals surface area contributed by atoms with E-state index in [1.54, 1.807) is 0 Å². The van der Waals surface area contributed by atoms with Crippen LogP contribution in [0.4, 0.5) is 0 Å². The second-order valence-corrected chi connectivity index (χ2v) is 7.05. The molecule has 0 aromatic heterocycles. The number of ether oxygens (including phenoxy) is 1. The molecule has 0 radical (unpaired) electrons. The van der Waals surface area contributed by atoms with Crippen LogP contribution in [0.1, 0.15) is 42.9 Å². The summed E-state index contributed by atoms with van der Waals surface area (Å²) in [7, 11) is 0. The number of benzene rings is 2. The predicted molar refractivity (Wildman–Crippen MR) is 92.8 cm³/mol. The quantitative estimate of drug-likeness (QED) is 0.903. The van der Waals surface area contributed by atoms with Gasteiger partial charge in [0.2, 0.25) is 0 Å². The van der Waals surface area contributed by atoms with E-state index >= 15 is 0 Å². The molecule has 1 aliphatic heterocycles. The molecule has 1 aliphatic carbocycles. The van der Waals surface area contributed by atoms with Gasteiger partial charge < -0.3 is 14.9 Å². The molecule has 4 rings (SSSR count). The maximum absolute atomic E-state index is 13.0. The molecule has 4 heteroatoms. The topological polar surface area (TPSA) is 66.8 Å². The van der Waals surface area contributed by atoms with Crippen LogP contribution in [0.3, 0.4) is 0 Å². The van der Waals surface area contributed by atoms with Crippen molar-refractivity contribution < 1.29 is 19.7 Å². The van der Waals surface area contributed by atoms with Gasteiger partial charge in [-0.15, -0.1) is 0 Å². The molecule has 1 saturated heterocycles. The van der Waals surface area contributed by atoms with Crippen LogP contribution in [0.15, 0.2) is 60.7 Å². The van der Waals surface area contributed by atoms with Crippen LogP contribution >= 0.6 is 0 Å². The lowest BCUT2D eigenvalue weighted by atomic mass is 9.63. The van der Waals surface area contributed by atoms with Gasteiger partial charge in [0, 0.05) is 12.8 Å². The summed E-state index contributed by atoms with van der Waals surface area (Å²) in [4.78, 5) is 13.0. The maximum atomic E-state index is 13.0. The third kappa shape index (κ3) is 2.44. The minimum absolute atomic E-state index is 0.00443. The minimum atomic E-state index is -1.57. The third-order valence-corrected chi connectivity index (χ3v) is 5.68. The summed E-state index contributed by atoms with van der Waals surface area (Å²) in [6.45, 7) is 0. The lowest BCUT2D eigenvalue weighted by Crippen LogP contribution is -2.56. The number of carbonyl (C=O) groups is 1. The average molecular weight is 338 g/mol. The molecule has 4 atom stereocenters. The maximum Gasteiger partial charge on any atom is 0.182 e. The van der Waals surface area contributed by atoms with Crippen molar-refractivity contribution in [3.63, 3.8) is 0 Å². The molecule has 0 spiro atoms. The van der Waals surface area contributed by atoms with Crippen LogP contribution in [0.2, 0.25) is 0 Å². The number of ketones is 1. The van der Waals surface area contributed by atoms with Gasteiger partial charge in [-0.3, -0.25) is 4.79 Å². The van der Waals surface area contributed by atoms with E-state index in [1.165, 1.54) is 0 Å². The van der Waals surface area contributed by atoms with Crippen molar-refractivity contribution in [1.82, 2.24) is 0 Å². The summed E-state index contributed by atoms with van der Waals surface area (Å²) in [6.07, 6.45) is 0.180. The van der Waals surface area contributed by atoms with Crippen LogP contribution in [-0.4, -0.2) is 27.9 Å². The molecule has 0 unspecified atom stereocenters. The fourth-order valence-electron chi connectivity index (χ4n) is 4.43. The number of aliphatic hydroxyl groups excluding tert-OH is 1. The first-order valence-corrected chi connectivity index (χ1v) is 8.79. The second-order valence-electron chi connectivity index (χ2n) is 7.05. The molecule has 4 nitrogen and oxygen atoms in total. The van der Waals surface area contributed by atoms with Crippen LogP contribution in [0.25, 0.3) is 0 Å². The van der Waals surface area contributed by atoms with E-state index in [0.29, 0.717) is 19.3 Å². The van der Waals surface area contributed by atoms with Gasteiger partial charge in [-0.2, -0.15) is 0 Å². The molecule has 0 bridgehead atoms. The Morgan fingerprint density at radius 1 is 1.04 bits per heavy atom. The monoisotopic (exact) mass is 338 g/mol. The Kier molecular flexibility index (Phi) is 3.99. The van der Waals surface area contributed by atoms with E-state index < -0.39 is 23.4 Å².